The van der Waals surface area contributed by atoms with Gasteiger partial charge in [-0.05, 0) is 50.3 Å². The Hall–Kier alpha value is -1.80. The zero-order chi connectivity index (χ0) is 19.3. The molecule has 0 aliphatic carbocycles. The third kappa shape index (κ3) is 5.88. The summed E-state index contributed by atoms with van der Waals surface area (Å²) in [6.07, 6.45) is 0.847. The maximum Gasteiger partial charge on any atom is 0.280 e. The van der Waals surface area contributed by atoms with Gasteiger partial charge in [0.2, 0.25) is 0 Å². The van der Waals surface area contributed by atoms with Crippen LogP contribution in [0.25, 0.3) is 11.1 Å². The van der Waals surface area contributed by atoms with E-state index < -0.39 is 5.91 Å². The fourth-order valence-corrected chi connectivity index (χ4v) is 3.76. The molecule has 0 spiro atoms. The van der Waals surface area contributed by atoms with Gasteiger partial charge < -0.3 is 21.1 Å². The molecule has 140 valence electrons. The van der Waals surface area contributed by atoms with Gasteiger partial charge in [-0.25, -0.2) is 0 Å². The lowest BCUT2D eigenvalue weighted by molar-refractivity contribution is 0.100. The SMILES string of the molecule is CN(C)CCCOc1cc(C(=O)N=C(N)N)cc(-c2cc(Cl)sc2Cl)c1. The van der Waals surface area contributed by atoms with Crippen molar-refractivity contribution >= 4 is 46.4 Å². The second-order valence-corrected chi connectivity index (χ2v) is 8.12. The molecule has 1 aromatic carbocycles. The summed E-state index contributed by atoms with van der Waals surface area (Å²) in [5.74, 6) is -0.318. The van der Waals surface area contributed by atoms with Crippen molar-refractivity contribution in [3.8, 4) is 16.9 Å². The Morgan fingerprint density at radius 2 is 1.96 bits per heavy atom. The molecule has 1 amide bonds. The van der Waals surface area contributed by atoms with Gasteiger partial charge in [0.15, 0.2) is 5.96 Å². The first-order valence-electron chi connectivity index (χ1n) is 7.78. The molecule has 0 unspecified atom stereocenters. The first-order valence-corrected chi connectivity index (χ1v) is 9.35. The normalized spacial score (nSPS) is 10.8. The van der Waals surface area contributed by atoms with Crippen LogP contribution in [0.1, 0.15) is 16.8 Å². The quantitative estimate of drug-likeness (QED) is 0.410. The number of amides is 1. The molecule has 4 N–H and O–H groups in total. The van der Waals surface area contributed by atoms with E-state index in [0.29, 0.717) is 32.2 Å². The highest BCUT2D eigenvalue weighted by atomic mass is 35.5. The number of halogens is 2. The summed E-state index contributed by atoms with van der Waals surface area (Å²) in [4.78, 5) is 17.9. The highest BCUT2D eigenvalue weighted by molar-refractivity contribution is 7.20. The largest absolute Gasteiger partial charge is 0.494 e. The highest BCUT2D eigenvalue weighted by Crippen LogP contribution is 2.39. The van der Waals surface area contributed by atoms with E-state index in [0.717, 1.165) is 18.5 Å². The Kier molecular flexibility index (Phi) is 7.28. The number of hydrogen-bond acceptors (Lipinski definition) is 4. The lowest BCUT2D eigenvalue weighted by Crippen LogP contribution is -2.24. The Bertz CT molecular complexity index is 817. The van der Waals surface area contributed by atoms with Crippen LogP contribution in [-0.4, -0.2) is 44.0 Å². The first-order chi connectivity index (χ1) is 12.3. The van der Waals surface area contributed by atoms with Gasteiger partial charge in [-0.1, -0.05) is 23.2 Å². The number of guanidine groups is 1. The van der Waals surface area contributed by atoms with E-state index in [-0.39, 0.29) is 5.96 Å². The lowest BCUT2D eigenvalue weighted by Gasteiger charge is -2.12. The summed E-state index contributed by atoms with van der Waals surface area (Å²) in [6, 6.07) is 6.82. The minimum absolute atomic E-state index is 0.300. The average molecular weight is 415 g/mol. The number of nitrogens with two attached hydrogens (primary N) is 2. The Labute approximate surface area is 166 Å². The van der Waals surface area contributed by atoms with Gasteiger partial charge in [-0.3, -0.25) is 4.79 Å². The molecule has 9 heteroatoms. The van der Waals surface area contributed by atoms with Gasteiger partial charge in [0.05, 0.1) is 10.9 Å². The van der Waals surface area contributed by atoms with Gasteiger partial charge in [-0.15, -0.1) is 11.3 Å². The van der Waals surface area contributed by atoms with Crippen molar-refractivity contribution < 1.29 is 9.53 Å². The van der Waals surface area contributed by atoms with Crippen molar-refractivity contribution in [1.82, 2.24) is 4.90 Å². The number of thiophene rings is 1. The third-order valence-electron chi connectivity index (χ3n) is 3.37. The summed E-state index contributed by atoms with van der Waals surface area (Å²) >= 11 is 13.5. The zero-order valence-electron chi connectivity index (χ0n) is 14.5. The fraction of sp³-hybridized carbons (Fsp3) is 0.294. The Morgan fingerprint density at radius 1 is 1.23 bits per heavy atom. The predicted octanol–water partition coefficient (Wildman–Crippen LogP) is 3.47. The van der Waals surface area contributed by atoms with Crippen LogP contribution in [0, 0.1) is 0 Å². The van der Waals surface area contributed by atoms with E-state index >= 15 is 0 Å². The molecular formula is C17H20Cl2N4O2S. The van der Waals surface area contributed by atoms with Crippen molar-refractivity contribution in [3.05, 3.63) is 38.5 Å². The molecular weight excluding hydrogens is 395 g/mol. The van der Waals surface area contributed by atoms with E-state index in [1.165, 1.54) is 11.3 Å². The summed E-state index contributed by atoms with van der Waals surface area (Å²) in [5.41, 5.74) is 12.3. The van der Waals surface area contributed by atoms with E-state index in [9.17, 15) is 4.79 Å². The van der Waals surface area contributed by atoms with Crippen molar-refractivity contribution in [2.45, 2.75) is 6.42 Å². The van der Waals surface area contributed by atoms with Crippen LogP contribution in [0.15, 0.2) is 29.3 Å². The van der Waals surface area contributed by atoms with Gasteiger partial charge >= 0.3 is 0 Å². The van der Waals surface area contributed by atoms with Crippen molar-refractivity contribution in [2.24, 2.45) is 16.5 Å². The van der Waals surface area contributed by atoms with E-state index in [4.69, 9.17) is 39.4 Å². The Morgan fingerprint density at radius 3 is 2.54 bits per heavy atom. The number of nitrogens with zero attached hydrogens (tertiary/aromatic N) is 2. The second-order valence-electron chi connectivity index (χ2n) is 5.83. The molecule has 0 bridgehead atoms. The predicted molar refractivity (Wildman–Crippen MR) is 109 cm³/mol. The van der Waals surface area contributed by atoms with Crippen LogP contribution in [0.3, 0.4) is 0 Å². The van der Waals surface area contributed by atoms with Crippen molar-refractivity contribution in [3.63, 3.8) is 0 Å². The number of benzene rings is 1. The van der Waals surface area contributed by atoms with Crippen LogP contribution in [0.5, 0.6) is 5.75 Å². The number of rotatable bonds is 7. The molecule has 0 fully saturated rings. The Balaban J connectivity index is 2.34. The highest BCUT2D eigenvalue weighted by Gasteiger charge is 2.14. The standard InChI is InChI=1S/C17H20Cl2N4O2S/c1-23(2)4-3-5-25-12-7-10(13-9-14(18)26-15(13)19)6-11(8-12)16(24)22-17(20)21/h6-9H,3-5H2,1-2H3,(H4,20,21,22,24). The minimum atomic E-state index is -0.553. The molecule has 0 aliphatic rings. The maximum absolute atomic E-state index is 12.2. The van der Waals surface area contributed by atoms with Crippen molar-refractivity contribution in [1.29, 1.82) is 0 Å². The van der Waals surface area contributed by atoms with E-state index in [2.05, 4.69) is 9.89 Å². The summed E-state index contributed by atoms with van der Waals surface area (Å²) in [5, 5.41) is 0. The summed E-state index contributed by atoms with van der Waals surface area (Å²) < 4.78 is 6.88. The molecule has 0 saturated heterocycles. The fourth-order valence-electron chi connectivity index (χ4n) is 2.25. The number of aliphatic imine (C=N–C) groups is 1. The molecule has 6 nitrogen and oxygen atoms in total. The smallest absolute Gasteiger partial charge is 0.280 e. The number of carbonyl (C=O) groups is 1. The van der Waals surface area contributed by atoms with Crippen LogP contribution < -0.4 is 16.2 Å². The molecule has 26 heavy (non-hydrogen) atoms. The monoisotopic (exact) mass is 414 g/mol. The van der Waals surface area contributed by atoms with Crippen LogP contribution in [-0.2, 0) is 0 Å². The van der Waals surface area contributed by atoms with Gasteiger partial charge in [0.25, 0.3) is 5.91 Å². The molecule has 2 aromatic rings. The third-order valence-corrected chi connectivity index (χ3v) is 4.86. The minimum Gasteiger partial charge on any atom is -0.494 e. The first kappa shape index (κ1) is 20.5. The van der Waals surface area contributed by atoms with Crippen LogP contribution >= 0.6 is 34.5 Å². The number of carbonyl (C=O) groups excluding carboxylic acids is 1. The summed E-state index contributed by atoms with van der Waals surface area (Å²) in [6.45, 7) is 1.40. The average Bonchev–Trinajstić information content (AvgIpc) is 2.89. The second kappa shape index (κ2) is 9.23. The molecule has 1 aromatic heterocycles. The van der Waals surface area contributed by atoms with Crippen LogP contribution in [0.2, 0.25) is 8.67 Å². The van der Waals surface area contributed by atoms with E-state index in [1.54, 1.807) is 18.2 Å². The molecule has 0 saturated carbocycles. The molecule has 0 atom stereocenters. The summed E-state index contributed by atoms with van der Waals surface area (Å²) in [7, 11) is 3.99. The zero-order valence-corrected chi connectivity index (χ0v) is 16.8. The van der Waals surface area contributed by atoms with Gasteiger partial charge in [0, 0.05) is 17.7 Å². The number of ether oxygens (including phenoxy) is 1. The van der Waals surface area contributed by atoms with Gasteiger partial charge in [-0.2, -0.15) is 4.99 Å². The number of hydrogen-bond donors (Lipinski definition) is 2. The molecule has 1 heterocycles. The van der Waals surface area contributed by atoms with Crippen molar-refractivity contribution in [2.75, 3.05) is 27.2 Å². The topological polar surface area (TPSA) is 93.9 Å². The van der Waals surface area contributed by atoms with Crippen LogP contribution in [0.4, 0.5) is 0 Å². The lowest BCUT2D eigenvalue weighted by atomic mass is 10.0. The van der Waals surface area contributed by atoms with Gasteiger partial charge in [0.1, 0.15) is 10.1 Å². The maximum atomic E-state index is 12.2. The van der Waals surface area contributed by atoms with E-state index in [1.807, 2.05) is 20.2 Å². The molecule has 0 aliphatic heterocycles. The molecule has 0 radical (unpaired) electrons. The molecule has 2 rings (SSSR count).